The SMILES string of the molecule is Cc1cc(C(N)CCCC(N)=O)c(C)s1. The molecular formula is C11H18N2OS. The minimum Gasteiger partial charge on any atom is -0.370 e. The van der Waals surface area contributed by atoms with Gasteiger partial charge in [0.05, 0.1) is 0 Å². The van der Waals surface area contributed by atoms with Gasteiger partial charge in [-0.05, 0) is 38.3 Å². The van der Waals surface area contributed by atoms with Gasteiger partial charge in [0, 0.05) is 22.2 Å². The Morgan fingerprint density at radius 3 is 2.67 bits per heavy atom. The van der Waals surface area contributed by atoms with Crippen LogP contribution in [0.1, 0.15) is 40.6 Å². The summed E-state index contributed by atoms with van der Waals surface area (Å²) in [4.78, 5) is 13.1. The number of primary amides is 1. The number of amides is 1. The van der Waals surface area contributed by atoms with E-state index >= 15 is 0 Å². The third-order valence-corrected chi connectivity index (χ3v) is 3.40. The van der Waals surface area contributed by atoms with E-state index in [1.165, 1.54) is 15.3 Å². The van der Waals surface area contributed by atoms with E-state index in [0.717, 1.165) is 12.8 Å². The number of hydrogen-bond acceptors (Lipinski definition) is 3. The van der Waals surface area contributed by atoms with E-state index in [1.807, 2.05) is 0 Å². The van der Waals surface area contributed by atoms with Crippen LogP contribution < -0.4 is 11.5 Å². The average molecular weight is 226 g/mol. The molecule has 1 rings (SSSR count). The Bertz CT molecular complexity index is 346. The molecule has 0 aliphatic heterocycles. The maximum atomic E-state index is 10.6. The lowest BCUT2D eigenvalue weighted by molar-refractivity contribution is -0.118. The topological polar surface area (TPSA) is 69.1 Å². The predicted molar refractivity (Wildman–Crippen MR) is 63.8 cm³/mol. The molecule has 4 heteroatoms. The standard InChI is InChI=1S/C11H18N2OS/c1-7-6-9(8(2)15-7)10(12)4-3-5-11(13)14/h6,10H,3-5,12H2,1-2H3,(H2,13,14). The highest BCUT2D eigenvalue weighted by molar-refractivity contribution is 7.12. The number of aryl methyl sites for hydroxylation is 2. The Morgan fingerprint density at radius 1 is 1.53 bits per heavy atom. The first kappa shape index (κ1) is 12.2. The maximum absolute atomic E-state index is 10.6. The second-order valence-corrected chi connectivity index (χ2v) is 5.29. The minimum atomic E-state index is -0.250. The Balaban J connectivity index is 2.50. The largest absolute Gasteiger partial charge is 0.370 e. The highest BCUT2D eigenvalue weighted by Crippen LogP contribution is 2.27. The first-order valence-electron chi connectivity index (χ1n) is 5.11. The van der Waals surface area contributed by atoms with E-state index in [2.05, 4.69) is 19.9 Å². The summed E-state index contributed by atoms with van der Waals surface area (Å²) in [5.41, 5.74) is 12.3. The molecule has 0 fully saturated rings. The Labute approximate surface area is 94.5 Å². The van der Waals surface area contributed by atoms with Crippen molar-refractivity contribution in [3.8, 4) is 0 Å². The first-order valence-corrected chi connectivity index (χ1v) is 5.93. The predicted octanol–water partition coefficient (Wildman–Crippen LogP) is 2.02. The van der Waals surface area contributed by atoms with Crippen molar-refractivity contribution in [3.05, 3.63) is 21.4 Å². The van der Waals surface area contributed by atoms with Crippen molar-refractivity contribution in [3.63, 3.8) is 0 Å². The summed E-state index contributed by atoms with van der Waals surface area (Å²) in [6.45, 7) is 4.16. The Kier molecular flexibility index (Phi) is 4.29. The quantitative estimate of drug-likeness (QED) is 0.806. The Hall–Kier alpha value is -0.870. The first-order chi connectivity index (χ1) is 7.00. The monoisotopic (exact) mass is 226 g/mol. The van der Waals surface area contributed by atoms with E-state index in [9.17, 15) is 4.79 Å². The van der Waals surface area contributed by atoms with Gasteiger partial charge in [0.15, 0.2) is 0 Å². The summed E-state index contributed by atoms with van der Waals surface area (Å²) in [5.74, 6) is -0.250. The van der Waals surface area contributed by atoms with Crippen LogP contribution in [0.4, 0.5) is 0 Å². The molecule has 1 aromatic rings. The van der Waals surface area contributed by atoms with Crippen molar-refractivity contribution in [1.82, 2.24) is 0 Å². The van der Waals surface area contributed by atoms with Crippen LogP contribution in [-0.4, -0.2) is 5.91 Å². The molecule has 0 spiro atoms. The fourth-order valence-electron chi connectivity index (χ4n) is 1.67. The maximum Gasteiger partial charge on any atom is 0.217 e. The van der Waals surface area contributed by atoms with Gasteiger partial charge in [-0.25, -0.2) is 0 Å². The molecule has 0 saturated heterocycles. The number of carbonyl (C=O) groups is 1. The van der Waals surface area contributed by atoms with Crippen LogP contribution in [-0.2, 0) is 4.79 Å². The molecule has 4 N–H and O–H groups in total. The molecule has 0 aromatic carbocycles. The molecule has 84 valence electrons. The smallest absolute Gasteiger partial charge is 0.217 e. The molecule has 3 nitrogen and oxygen atoms in total. The molecule has 0 aliphatic rings. The third kappa shape index (κ3) is 3.64. The van der Waals surface area contributed by atoms with Crippen LogP contribution in [0.2, 0.25) is 0 Å². The van der Waals surface area contributed by atoms with Gasteiger partial charge in [0.25, 0.3) is 0 Å². The van der Waals surface area contributed by atoms with Crippen molar-refractivity contribution in [2.24, 2.45) is 11.5 Å². The number of thiophene rings is 1. The summed E-state index contributed by atoms with van der Waals surface area (Å²) in [6.07, 6.45) is 2.01. The molecular weight excluding hydrogens is 208 g/mol. The molecule has 0 radical (unpaired) electrons. The zero-order chi connectivity index (χ0) is 11.4. The van der Waals surface area contributed by atoms with Crippen molar-refractivity contribution in [2.45, 2.75) is 39.2 Å². The van der Waals surface area contributed by atoms with E-state index in [1.54, 1.807) is 11.3 Å². The van der Waals surface area contributed by atoms with Gasteiger partial charge in [-0.15, -0.1) is 11.3 Å². The summed E-state index contributed by atoms with van der Waals surface area (Å²) in [6, 6.07) is 2.17. The molecule has 0 saturated carbocycles. The van der Waals surface area contributed by atoms with Crippen molar-refractivity contribution >= 4 is 17.2 Å². The number of rotatable bonds is 5. The lowest BCUT2D eigenvalue weighted by atomic mass is 10.0. The molecule has 1 amide bonds. The molecule has 1 aromatic heterocycles. The second-order valence-electron chi connectivity index (χ2n) is 3.83. The van der Waals surface area contributed by atoms with Gasteiger partial charge < -0.3 is 11.5 Å². The number of carbonyl (C=O) groups excluding carboxylic acids is 1. The molecule has 1 unspecified atom stereocenters. The van der Waals surface area contributed by atoms with Crippen LogP contribution >= 0.6 is 11.3 Å². The molecule has 1 atom stereocenters. The van der Waals surface area contributed by atoms with Gasteiger partial charge in [-0.3, -0.25) is 4.79 Å². The van der Waals surface area contributed by atoms with Gasteiger partial charge in [0.1, 0.15) is 0 Å². The molecule has 1 heterocycles. The normalized spacial score (nSPS) is 12.7. The lowest BCUT2D eigenvalue weighted by Gasteiger charge is -2.10. The van der Waals surface area contributed by atoms with E-state index < -0.39 is 0 Å². The lowest BCUT2D eigenvalue weighted by Crippen LogP contribution is -2.14. The van der Waals surface area contributed by atoms with Gasteiger partial charge in [-0.1, -0.05) is 0 Å². The number of nitrogens with two attached hydrogens (primary N) is 2. The average Bonchev–Trinajstić information content (AvgIpc) is 2.44. The van der Waals surface area contributed by atoms with E-state index in [-0.39, 0.29) is 11.9 Å². The molecule has 0 bridgehead atoms. The number of hydrogen-bond donors (Lipinski definition) is 2. The fourth-order valence-corrected chi connectivity index (χ4v) is 2.67. The highest BCUT2D eigenvalue weighted by Gasteiger charge is 2.11. The van der Waals surface area contributed by atoms with Crippen LogP contribution in [0.3, 0.4) is 0 Å². The Morgan fingerprint density at radius 2 is 2.20 bits per heavy atom. The second kappa shape index (κ2) is 5.28. The van der Waals surface area contributed by atoms with E-state index in [4.69, 9.17) is 11.5 Å². The minimum absolute atomic E-state index is 0.0364. The molecule has 15 heavy (non-hydrogen) atoms. The summed E-state index contributed by atoms with van der Waals surface area (Å²) in [5, 5.41) is 0. The van der Waals surface area contributed by atoms with Crippen molar-refractivity contribution in [1.29, 1.82) is 0 Å². The third-order valence-electron chi connectivity index (χ3n) is 2.42. The van der Waals surface area contributed by atoms with Gasteiger partial charge in [0.2, 0.25) is 5.91 Å². The van der Waals surface area contributed by atoms with Crippen LogP contribution in [0.25, 0.3) is 0 Å². The van der Waals surface area contributed by atoms with Gasteiger partial charge in [-0.2, -0.15) is 0 Å². The summed E-state index contributed by atoms with van der Waals surface area (Å²) in [7, 11) is 0. The van der Waals surface area contributed by atoms with Gasteiger partial charge >= 0.3 is 0 Å². The van der Waals surface area contributed by atoms with Crippen LogP contribution in [0.5, 0.6) is 0 Å². The van der Waals surface area contributed by atoms with Crippen molar-refractivity contribution < 1.29 is 4.79 Å². The molecule has 0 aliphatic carbocycles. The zero-order valence-corrected chi connectivity index (χ0v) is 10.1. The zero-order valence-electron chi connectivity index (χ0n) is 9.25. The summed E-state index contributed by atoms with van der Waals surface area (Å²) < 4.78 is 0. The fraction of sp³-hybridized carbons (Fsp3) is 0.545. The van der Waals surface area contributed by atoms with Crippen LogP contribution in [0.15, 0.2) is 6.07 Å². The van der Waals surface area contributed by atoms with Crippen LogP contribution in [0, 0.1) is 13.8 Å². The van der Waals surface area contributed by atoms with Crippen molar-refractivity contribution in [2.75, 3.05) is 0 Å². The highest BCUT2D eigenvalue weighted by atomic mass is 32.1. The summed E-state index contributed by atoms with van der Waals surface area (Å²) >= 11 is 1.77. The van der Waals surface area contributed by atoms with E-state index in [0.29, 0.717) is 6.42 Å².